The number of hydrogen-bond acceptors (Lipinski definition) is 3. The molecule has 0 radical (unpaired) electrons. The molecule has 0 aromatic carbocycles. The van der Waals surface area contributed by atoms with Crippen molar-refractivity contribution in [2.45, 2.75) is 58.4 Å². The summed E-state index contributed by atoms with van der Waals surface area (Å²) in [6, 6.07) is 0.189. The number of aliphatic hydroxyl groups is 2. The fraction of sp³-hybridized carbons (Fsp3) is 0.789. The largest absolute Gasteiger partial charge is 0.513 e. The fourth-order valence-corrected chi connectivity index (χ4v) is 6.45. The van der Waals surface area contributed by atoms with Crippen LogP contribution in [0.3, 0.4) is 0 Å². The minimum absolute atomic E-state index is 0.0470. The first-order valence-electron chi connectivity index (χ1n) is 8.91. The quantitative estimate of drug-likeness (QED) is 0.632. The van der Waals surface area contributed by atoms with E-state index >= 15 is 0 Å². The van der Waals surface area contributed by atoms with Gasteiger partial charge in [0, 0.05) is 17.9 Å². The van der Waals surface area contributed by atoms with Crippen LogP contribution in [-0.4, -0.2) is 16.3 Å². The Kier molecular flexibility index (Phi) is 3.01. The van der Waals surface area contributed by atoms with Crippen LogP contribution in [0.2, 0.25) is 0 Å². The topological polar surface area (TPSA) is 66.5 Å². The van der Waals surface area contributed by atoms with E-state index in [-0.39, 0.29) is 16.9 Å². The van der Waals surface area contributed by atoms with E-state index in [0.29, 0.717) is 35.2 Å². The van der Waals surface area contributed by atoms with Crippen molar-refractivity contribution in [1.29, 1.82) is 0 Å². The number of rotatable bonds is 0. The number of nitrogens with two attached hydrogens (primary N) is 1. The molecule has 3 nitrogen and oxygen atoms in total. The summed E-state index contributed by atoms with van der Waals surface area (Å²) in [5.41, 5.74) is 6.87. The highest BCUT2D eigenvalue weighted by Gasteiger charge is 2.60. The molecule has 2 saturated carbocycles. The maximum absolute atomic E-state index is 10.4. The van der Waals surface area contributed by atoms with Gasteiger partial charge in [0.2, 0.25) is 0 Å². The van der Waals surface area contributed by atoms with Crippen LogP contribution in [0.25, 0.3) is 0 Å². The highest BCUT2D eigenvalue weighted by Crippen LogP contribution is 2.65. The van der Waals surface area contributed by atoms with Gasteiger partial charge in [0.15, 0.2) is 0 Å². The molecule has 2 fully saturated rings. The molecule has 0 bridgehead atoms. The van der Waals surface area contributed by atoms with Crippen LogP contribution in [0.1, 0.15) is 52.4 Å². The predicted octanol–water partition coefficient (Wildman–Crippen LogP) is 4.07. The van der Waals surface area contributed by atoms with E-state index < -0.39 is 0 Å². The number of fused-ring (bicyclic) bond motifs is 5. The average Bonchev–Trinajstić information content (AvgIpc) is 2.77. The fourth-order valence-electron chi connectivity index (χ4n) is 6.45. The molecule has 0 aromatic heterocycles. The van der Waals surface area contributed by atoms with E-state index in [4.69, 9.17) is 5.73 Å². The maximum Gasteiger partial charge on any atom is 0.0944 e. The van der Waals surface area contributed by atoms with E-state index in [1.165, 1.54) is 0 Å². The molecule has 0 heterocycles. The molecule has 4 aliphatic carbocycles. The van der Waals surface area contributed by atoms with E-state index in [2.05, 4.69) is 19.9 Å². The van der Waals surface area contributed by atoms with E-state index in [1.807, 2.05) is 6.08 Å². The third kappa shape index (κ3) is 1.72. The summed E-state index contributed by atoms with van der Waals surface area (Å²) in [6.07, 6.45) is 10.2. The second-order valence-electron chi connectivity index (χ2n) is 8.74. The second-order valence-corrected chi connectivity index (χ2v) is 8.74. The SMILES string of the molecule is C[C@]12CCC(O)=C[C@H]1C[C@H](N)[C@@H]1[C@@H]2CC[C@]2(C)C(O)=CC[C@@H]12. The minimum atomic E-state index is -0.0470. The Labute approximate surface area is 133 Å². The van der Waals surface area contributed by atoms with Crippen molar-refractivity contribution in [3.05, 3.63) is 23.7 Å². The van der Waals surface area contributed by atoms with Crippen molar-refractivity contribution in [2.75, 3.05) is 0 Å². The molecule has 3 heteroatoms. The standard InChI is InChI=1S/C19H29NO2/c1-18-7-5-12(21)9-11(18)10-15(20)17-13-3-4-16(22)19(13,2)8-6-14(17)18/h4,9,11,13-15,17,21-22H,3,5-8,10,20H2,1-2H3/t11-,13-,14-,15-,17-,18-,19-/m0/s1. The van der Waals surface area contributed by atoms with Gasteiger partial charge in [0.05, 0.1) is 11.5 Å². The first-order valence-corrected chi connectivity index (χ1v) is 8.91. The number of hydrogen-bond donors (Lipinski definition) is 3. The number of aliphatic hydroxyl groups excluding tert-OH is 2. The Bertz CT molecular complexity index is 554. The van der Waals surface area contributed by atoms with Gasteiger partial charge in [-0.1, -0.05) is 13.8 Å². The van der Waals surface area contributed by atoms with Gasteiger partial charge >= 0.3 is 0 Å². The van der Waals surface area contributed by atoms with Gasteiger partial charge in [-0.2, -0.15) is 0 Å². The molecule has 0 spiro atoms. The van der Waals surface area contributed by atoms with Crippen LogP contribution in [0.5, 0.6) is 0 Å². The van der Waals surface area contributed by atoms with Crippen molar-refractivity contribution in [1.82, 2.24) is 0 Å². The summed E-state index contributed by atoms with van der Waals surface area (Å²) in [7, 11) is 0. The summed E-state index contributed by atoms with van der Waals surface area (Å²) in [6.45, 7) is 4.66. The summed E-state index contributed by atoms with van der Waals surface area (Å²) in [5.74, 6) is 3.23. The monoisotopic (exact) mass is 303 g/mol. The molecule has 122 valence electrons. The third-order valence-electron chi connectivity index (χ3n) is 7.90. The molecule has 0 unspecified atom stereocenters. The van der Waals surface area contributed by atoms with E-state index in [0.717, 1.165) is 38.5 Å². The third-order valence-corrected chi connectivity index (χ3v) is 7.90. The molecule has 4 rings (SSSR count). The minimum Gasteiger partial charge on any atom is -0.513 e. The zero-order valence-electron chi connectivity index (χ0n) is 13.8. The van der Waals surface area contributed by atoms with E-state index in [1.54, 1.807) is 0 Å². The lowest BCUT2D eigenvalue weighted by atomic mass is 9.45. The van der Waals surface area contributed by atoms with Crippen molar-refractivity contribution >= 4 is 0 Å². The van der Waals surface area contributed by atoms with Gasteiger partial charge in [0.25, 0.3) is 0 Å². The Morgan fingerprint density at radius 2 is 1.95 bits per heavy atom. The van der Waals surface area contributed by atoms with Gasteiger partial charge < -0.3 is 15.9 Å². The van der Waals surface area contributed by atoms with Crippen LogP contribution in [-0.2, 0) is 0 Å². The van der Waals surface area contributed by atoms with Crippen molar-refractivity contribution in [3.63, 3.8) is 0 Å². The summed E-state index contributed by atoms with van der Waals surface area (Å²) in [5, 5.41) is 20.3. The van der Waals surface area contributed by atoms with Crippen LogP contribution in [0, 0.1) is 34.5 Å². The second kappa shape index (κ2) is 4.53. The lowest BCUT2D eigenvalue weighted by Crippen LogP contribution is -2.59. The smallest absolute Gasteiger partial charge is 0.0944 e. The molecular weight excluding hydrogens is 274 g/mol. The lowest BCUT2D eigenvalue weighted by molar-refractivity contribution is -0.0949. The normalized spacial score (nSPS) is 53.9. The Morgan fingerprint density at radius 3 is 2.73 bits per heavy atom. The first kappa shape index (κ1) is 14.6. The summed E-state index contributed by atoms with van der Waals surface area (Å²) < 4.78 is 0. The van der Waals surface area contributed by atoms with Gasteiger partial charge in [-0.15, -0.1) is 0 Å². The highest BCUT2D eigenvalue weighted by molar-refractivity contribution is 5.23. The predicted molar refractivity (Wildman–Crippen MR) is 87.3 cm³/mol. The van der Waals surface area contributed by atoms with Crippen molar-refractivity contribution < 1.29 is 10.2 Å². The molecule has 7 atom stereocenters. The zero-order valence-corrected chi connectivity index (χ0v) is 13.8. The molecule has 0 aromatic rings. The van der Waals surface area contributed by atoms with Crippen LogP contribution in [0.15, 0.2) is 23.7 Å². The first-order chi connectivity index (χ1) is 10.4. The van der Waals surface area contributed by atoms with Gasteiger partial charge in [0.1, 0.15) is 0 Å². The molecule has 4 N–H and O–H groups in total. The summed E-state index contributed by atoms with van der Waals surface area (Å²) >= 11 is 0. The van der Waals surface area contributed by atoms with Crippen LogP contribution >= 0.6 is 0 Å². The highest BCUT2D eigenvalue weighted by atomic mass is 16.3. The Hall–Kier alpha value is -0.960. The average molecular weight is 303 g/mol. The Balaban J connectivity index is 1.71. The lowest BCUT2D eigenvalue weighted by Gasteiger charge is -2.60. The summed E-state index contributed by atoms with van der Waals surface area (Å²) in [4.78, 5) is 0. The molecular formula is C19H29NO2. The molecule has 0 saturated heterocycles. The van der Waals surface area contributed by atoms with Gasteiger partial charge in [-0.3, -0.25) is 0 Å². The Morgan fingerprint density at radius 1 is 1.18 bits per heavy atom. The van der Waals surface area contributed by atoms with Crippen LogP contribution < -0.4 is 5.73 Å². The van der Waals surface area contributed by atoms with E-state index in [9.17, 15) is 10.2 Å². The van der Waals surface area contributed by atoms with Crippen LogP contribution in [0.4, 0.5) is 0 Å². The maximum atomic E-state index is 10.4. The van der Waals surface area contributed by atoms with Crippen molar-refractivity contribution in [3.8, 4) is 0 Å². The molecule has 4 aliphatic rings. The zero-order chi connectivity index (χ0) is 15.7. The molecule has 0 amide bonds. The van der Waals surface area contributed by atoms with Crippen molar-refractivity contribution in [2.24, 2.45) is 40.2 Å². The number of allylic oxidation sites excluding steroid dienone is 4. The molecule has 22 heavy (non-hydrogen) atoms. The van der Waals surface area contributed by atoms with Gasteiger partial charge in [-0.25, -0.2) is 0 Å². The molecule has 0 aliphatic heterocycles. The van der Waals surface area contributed by atoms with Gasteiger partial charge in [-0.05, 0) is 73.3 Å².